The molecular weight excluding hydrogens is 368 g/mol. The van der Waals surface area contributed by atoms with E-state index in [-0.39, 0.29) is 37.6 Å². The number of ether oxygens (including phenoxy) is 4. The summed E-state index contributed by atoms with van der Waals surface area (Å²) in [5, 5.41) is 19.1. The molecule has 0 heterocycles. The molecule has 2 unspecified atom stereocenters. The molecule has 0 saturated heterocycles. The van der Waals surface area contributed by atoms with E-state index in [1.54, 1.807) is 24.3 Å². The molecule has 28 heavy (non-hydrogen) atoms. The van der Waals surface area contributed by atoms with Crippen LogP contribution in [-0.2, 0) is 19.1 Å². The fraction of sp³-hybridized carbons (Fsp3) is 0.400. The van der Waals surface area contributed by atoms with Crippen molar-refractivity contribution in [1.29, 1.82) is 0 Å². The third kappa shape index (κ3) is 8.70. The molecule has 0 radical (unpaired) electrons. The molecule has 2 N–H and O–H groups in total. The van der Waals surface area contributed by atoms with E-state index in [0.29, 0.717) is 11.5 Å². The molecule has 8 heteroatoms. The lowest BCUT2D eigenvalue weighted by Crippen LogP contribution is -2.28. The average Bonchev–Trinajstić information content (AvgIpc) is 2.67. The van der Waals surface area contributed by atoms with Gasteiger partial charge in [0.15, 0.2) is 6.10 Å². The SMILES string of the molecule is C=C(C)C(=O)OCC(O)COc1ccc(OC(CO)COC(=O)C(=C)C)cc1. The van der Waals surface area contributed by atoms with Crippen LogP contribution < -0.4 is 9.47 Å². The molecule has 154 valence electrons. The average molecular weight is 394 g/mol. The third-order valence-electron chi connectivity index (χ3n) is 3.28. The molecule has 0 aromatic heterocycles. The first-order valence-electron chi connectivity index (χ1n) is 8.56. The van der Waals surface area contributed by atoms with E-state index < -0.39 is 24.1 Å². The summed E-state index contributed by atoms with van der Waals surface area (Å²) in [4.78, 5) is 22.6. The molecule has 1 aromatic carbocycles. The number of benzene rings is 1. The van der Waals surface area contributed by atoms with Gasteiger partial charge in [-0.2, -0.15) is 0 Å². The second-order valence-electron chi connectivity index (χ2n) is 6.12. The van der Waals surface area contributed by atoms with Gasteiger partial charge in [-0.05, 0) is 38.1 Å². The van der Waals surface area contributed by atoms with E-state index in [4.69, 9.17) is 18.9 Å². The molecule has 0 bridgehead atoms. The molecule has 0 aliphatic carbocycles. The van der Waals surface area contributed by atoms with Crippen molar-refractivity contribution >= 4 is 11.9 Å². The topological polar surface area (TPSA) is 112 Å². The van der Waals surface area contributed by atoms with Crippen molar-refractivity contribution in [2.45, 2.75) is 26.1 Å². The smallest absolute Gasteiger partial charge is 0.333 e. The number of rotatable bonds is 12. The molecule has 2 atom stereocenters. The maximum Gasteiger partial charge on any atom is 0.333 e. The van der Waals surface area contributed by atoms with Crippen LogP contribution >= 0.6 is 0 Å². The van der Waals surface area contributed by atoms with Crippen LogP contribution in [0.5, 0.6) is 11.5 Å². The predicted molar refractivity (Wildman–Crippen MR) is 101 cm³/mol. The fourth-order valence-electron chi connectivity index (χ4n) is 1.76. The summed E-state index contributed by atoms with van der Waals surface area (Å²) >= 11 is 0. The highest BCUT2D eigenvalue weighted by atomic mass is 16.6. The number of esters is 2. The van der Waals surface area contributed by atoms with Gasteiger partial charge in [0.1, 0.15) is 37.4 Å². The van der Waals surface area contributed by atoms with Gasteiger partial charge in [0.2, 0.25) is 0 Å². The molecule has 0 saturated carbocycles. The molecule has 8 nitrogen and oxygen atoms in total. The van der Waals surface area contributed by atoms with Crippen molar-refractivity contribution in [3.8, 4) is 11.5 Å². The molecule has 0 spiro atoms. The maximum absolute atomic E-state index is 11.4. The van der Waals surface area contributed by atoms with Crippen LogP contribution in [0.2, 0.25) is 0 Å². The Labute approximate surface area is 164 Å². The minimum absolute atomic E-state index is 0.0696. The quantitative estimate of drug-likeness (QED) is 0.404. The van der Waals surface area contributed by atoms with Gasteiger partial charge in [-0.1, -0.05) is 13.2 Å². The third-order valence-corrected chi connectivity index (χ3v) is 3.28. The number of carbonyl (C=O) groups excluding carboxylic acids is 2. The van der Waals surface area contributed by atoms with Gasteiger partial charge < -0.3 is 29.2 Å². The van der Waals surface area contributed by atoms with Crippen molar-refractivity contribution in [3.05, 3.63) is 48.6 Å². The standard InChI is InChI=1S/C20H26O8/c1-13(2)19(23)26-11-15(22)10-25-16-5-7-17(8-6-16)28-18(9-21)12-27-20(24)14(3)4/h5-8,15,18,21-22H,1,3,9-12H2,2,4H3. The Hall–Kier alpha value is -2.84. The van der Waals surface area contributed by atoms with Crippen LogP contribution in [0.15, 0.2) is 48.6 Å². The summed E-state index contributed by atoms with van der Waals surface area (Å²) < 4.78 is 20.7. The van der Waals surface area contributed by atoms with Gasteiger partial charge in [-0.3, -0.25) is 0 Å². The number of hydrogen-bond acceptors (Lipinski definition) is 8. The molecular formula is C20H26O8. The lowest BCUT2D eigenvalue weighted by molar-refractivity contribution is -0.142. The molecule has 1 aromatic rings. The highest BCUT2D eigenvalue weighted by Gasteiger charge is 2.14. The Bertz CT molecular complexity index is 680. The van der Waals surface area contributed by atoms with Crippen LogP contribution in [0.25, 0.3) is 0 Å². The van der Waals surface area contributed by atoms with E-state index in [1.165, 1.54) is 13.8 Å². The van der Waals surface area contributed by atoms with Crippen LogP contribution in [-0.4, -0.2) is 60.8 Å². The Kier molecular flexibility index (Phi) is 9.76. The first-order valence-corrected chi connectivity index (χ1v) is 8.56. The molecule has 0 aliphatic heterocycles. The number of aliphatic hydroxyl groups is 2. The molecule has 1 rings (SSSR count). The maximum atomic E-state index is 11.4. The number of aliphatic hydroxyl groups excluding tert-OH is 2. The Morgan fingerprint density at radius 1 is 0.929 bits per heavy atom. The highest BCUT2D eigenvalue weighted by Crippen LogP contribution is 2.19. The summed E-state index contributed by atoms with van der Waals surface area (Å²) in [6.07, 6.45) is -1.71. The van der Waals surface area contributed by atoms with Gasteiger partial charge >= 0.3 is 11.9 Å². The van der Waals surface area contributed by atoms with Crippen molar-refractivity contribution in [2.24, 2.45) is 0 Å². The fourth-order valence-corrected chi connectivity index (χ4v) is 1.76. The first-order chi connectivity index (χ1) is 13.2. The number of hydrogen-bond donors (Lipinski definition) is 2. The van der Waals surface area contributed by atoms with Crippen molar-refractivity contribution in [3.63, 3.8) is 0 Å². The molecule has 0 aliphatic rings. The summed E-state index contributed by atoms with van der Waals surface area (Å²) in [7, 11) is 0. The zero-order valence-corrected chi connectivity index (χ0v) is 16.1. The second-order valence-corrected chi connectivity index (χ2v) is 6.12. The summed E-state index contributed by atoms with van der Waals surface area (Å²) in [6.45, 7) is 9.24. The predicted octanol–water partition coefficient (Wildman–Crippen LogP) is 1.40. The monoisotopic (exact) mass is 394 g/mol. The Balaban J connectivity index is 2.43. The lowest BCUT2D eigenvalue weighted by Gasteiger charge is -2.17. The minimum atomic E-state index is -0.985. The summed E-state index contributed by atoms with van der Waals surface area (Å²) in [5.74, 6) is -0.230. The van der Waals surface area contributed by atoms with E-state index >= 15 is 0 Å². The normalized spacial score (nSPS) is 12.4. The van der Waals surface area contributed by atoms with E-state index in [1.807, 2.05) is 0 Å². The van der Waals surface area contributed by atoms with Crippen molar-refractivity contribution in [1.82, 2.24) is 0 Å². The zero-order chi connectivity index (χ0) is 21.1. The van der Waals surface area contributed by atoms with Gasteiger partial charge in [-0.15, -0.1) is 0 Å². The van der Waals surface area contributed by atoms with Crippen molar-refractivity contribution < 1.29 is 38.7 Å². The van der Waals surface area contributed by atoms with Crippen LogP contribution in [0, 0.1) is 0 Å². The van der Waals surface area contributed by atoms with Crippen LogP contribution in [0.1, 0.15) is 13.8 Å². The lowest BCUT2D eigenvalue weighted by atomic mass is 10.3. The van der Waals surface area contributed by atoms with Crippen LogP contribution in [0.3, 0.4) is 0 Å². The Morgan fingerprint density at radius 2 is 1.43 bits per heavy atom. The summed E-state index contributed by atoms with van der Waals surface area (Å²) in [6, 6.07) is 6.42. The number of carbonyl (C=O) groups is 2. The van der Waals surface area contributed by atoms with E-state index in [2.05, 4.69) is 13.2 Å². The van der Waals surface area contributed by atoms with Crippen LogP contribution in [0.4, 0.5) is 0 Å². The van der Waals surface area contributed by atoms with Gasteiger partial charge in [0, 0.05) is 11.1 Å². The van der Waals surface area contributed by atoms with Crippen molar-refractivity contribution in [2.75, 3.05) is 26.4 Å². The zero-order valence-electron chi connectivity index (χ0n) is 16.1. The Morgan fingerprint density at radius 3 is 1.93 bits per heavy atom. The largest absolute Gasteiger partial charge is 0.491 e. The first kappa shape index (κ1) is 23.2. The van der Waals surface area contributed by atoms with Gasteiger partial charge in [-0.25, -0.2) is 9.59 Å². The second kappa shape index (κ2) is 11.8. The van der Waals surface area contributed by atoms with Gasteiger partial charge in [0.05, 0.1) is 6.61 Å². The summed E-state index contributed by atoms with van der Waals surface area (Å²) in [5.41, 5.74) is 0.508. The van der Waals surface area contributed by atoms with Gasteiger partial charge in [0.25, 0.3) is 0 Å². The highest BCUT2D eigenvalue weighted by molar-refractivity contribution is 5.87. The van der Waals surface area contributed by atoms with E-state index in [9.17, 15) is 19.8 Å². The molecule has 0 fully saturated rings. The molecule has 0 amide bonds. The van der Waals surface area contributed by atoms with E-state index in [0.717, 1.165) is 0 Å². The minimum Gasteiger partial charge on any atom is -0.491 e.